The van der Waals surface area contributed by atoms with Gasteiger partial charge in [0.05, 0.1) is 30.0 Å². The smallest absolute Gasteiger partial charge is 0.270 e. The predicted octanol–water partition coefficient (Wildman–Crippen LogP) is 4.63. The molecule has 3 rings (SSSR count). The van der Waals surface area contributed by atoms with Gasteiger partial charge in [-0.2, -0.15) is 5.10 Å². The summed E-state index contributed by atoms with van der Waals surface area (Å²) in [5.74, 6) is 0.778. The number of rotatable bonds is 9. The van der Waals surface area contributed by atoms with Crippen LogP contribution in [0, 0.1) is 10.1 Å². The Hall–Kier alpha value is -3.20. The average molecular weight is 441 g/mol. The number of nitro groups is 1. The van der Waals surface area contributed by atoms with Crippen LogP contribution >= 0.6 is 11.8 Å². The van der Waals surface area contributed by atoms with Crippen molar-refractivity contribution in [2.24, 2.45) is 10.2 Å². The summed E-state index contributed by atoms with van der Waals surface area (Å²) in [7, 11) is 1.61. The highest BCUT2D eigenvalue weighted by Crippen LogP contribution is 2.32. The first-order valence-electron chi connectivity index (χ1n) is 9.98. The van der Waals surface area contributed by atoms with E-state index in [9.17, 15) is 14.9 Å². The molecule has 2 aromatic carbocycles. The maximum Gasteiger partial charge on any atom is 0.270 e. The molecule has 162 valence electrons. The van der Waals surface area contributed by atoms with Crippen LogP contribution in [0.3, 0.4) is 0 Å². The fourth-order valence-electron chi connectivity index (χ4n) is 3.08. The summed E-state index contributed by atoms with van der Waals surface area (Å²) in [5, 5.41) is 19.7. The first-order valence-corrected chi connectivity index (χ1v) is 10.9. The number of nitrogens with zero attached hydrogens (tertiary/aromatic N) is 4. The van der Waals surface area contributed by atoms with Gasteiger partial charge in [0.15, 0.2) is 5.17 Å². The minimum Gasteiger partial charge on any atom is -0.497 e. The van der Waals surface area contributed by atoms with Gasteiger partial charge in [-0.1, -0.05) is 55.8 Å². The van der Waals surface area contributed by atoms with Gasteiger partial charge >= 0.3 is 0 Å². The molecule has 1 amide bonds. The normalized spacial score (nSPS) is 17.6. The van der Waals surface area contributed by atoms with Gasteiger partial charge in [-0.3, -0.25) is 19.8 Å². The summed E-state index contributed by atoms with van der Waals surface area (Å²) < 4.78 is 5.19. The summed E-state index contributed by atoms with van der Waals surface area (Å²) in [5.41, 5.74) is 1.51. The Kier molecular flexibility index (Phi) is 7.77. The van der Waals surface area contributed by atoms with Crippen LogP contribution in [0.25, 0.3) is 0 Å². The van der Waals surface area contributed by atoms with Crippen LogP contribution in [0.4, 0.5) is 5.69 Å². The lowest BCUT2D eigenvalue weighted by Crippen LogP contribution is -2.31. The van der Waals surface area contributed by atoms with Crippen LogP contribution in [0.5, 0.6) is 5.75 Å². The van der Waals surface area contributed by atoms with Gasteiger partial charge in [0, 0.05) is 17.7 Å². The van der Waals surface area contributed by atoms with Gasteiger partial charge in [0.1, 0.15) is 5.75 Å². The number of nitro benzene ring substituents is 1. The van der Waals surface area contributed by atoms with E-state index in [1.165, 1.54) is 30.1 Å². The molecule has 1 atom stereocenters. The van der Waals surface area contributed by atoms with Crippen molar-refractivity contribution < 1.29 is 14.5 Å². The molecule has 0 saturated carbocycles. The van der Waals surface area contributed by atoms with Gasteiger partial charge in [-0.05, 0) is 24.1 Å². The van der Waals surface area contributed by atoms with Gasteiger partial charge in [0.25, 0.3) is 5.69 Å². The third-order valence-corrected chi connectivity index (χ3v) is 6.01. The van der Waals surface area contributed by atoms with Crippen molar-refractivity contribution in [3.05, 3.63) is 69.8 Å². The highest BCUT2D eigenvalue weighted by Gasteiger charge is 2.37. The molecule has 1 fully saturated rings. The Morgan fingerprint density at radius 2 is 2.03 bits per heavy atom. The minimum absolute atomic E-state index is 0.0113. The molecule has 0 spiro atoms. The zero-order valence-corrected chi connectivity index (χ0v) is 18.2. The Bertz CT molecular complexity index is 991. The SMILES string of the molecule is CCCCC1S/C(=N/N=C/c2cccc([N+](=O)[O-])c2)N(Cc2ccc(OC)cc2)C1=O. The molecule has 8 nitrogen and oxygen atoms in total. The zero-order valence-electron chi connectivity index (χ0n) is 17.4. The highest BCUT2D eigenvalue weighted by molar-refractivity contribution is 8.15. The van der Waals surface area contributed by atoms with E-state index in [1.807, 2.05) is 24.3 Å². The largest absolute Gasteiger partial charge is 0.497 e. The summed E-state index contributed by atoms with van der Waals surface area (Å²) in [6.07, 6.45) is 4.22. The second-order valence-electron chi connectivity index (χ2n) is 7.00. The van der Waals surface area contributed by atoms with E-state index >= 15 is 0 Å². The fourth-order valence-corrected chi connectivity index (χ4v) is 4.22. The lowest BCUT2D eigenvalue weighted by molar-refractivity contribution is -0.384. The molecular weight excluding hydrogens is 416 g/mol. The number of amidine groups is 1. The van der Waals surface area contributed by atoms with Gasteiger partial charge in [0.2, 0.25) is 5.91 Å². The van der Waals surface area contributed by atoms with E-state index in [0.29, 0.717) is 17.3 Å². The number of unbranched alkanes of at least 4 members (excludes halogenated alkanes) is 1. The molecule has 2 aromatic rings. The number of non-ortho nitro benzene ring substituents is 1. The van der Waals surface area contributed by atoms with Crippen molar-refractivity contribution in [1.82, 2.24) is 4.90 Å². The molecule has 0 aliphatic carbocycles. The second kappa shape index (κ2) is 10.7. The lowest BCUT2D eigenvalue weighted by atomic mass is 10.1. The number of amides is 1. The molecule has 0 bridgehead atoms. The van der Waals surface area contributed by atoms with E-state index in [4.69, 9.17) is 4.74 Å². The zero-order chi connectivity index (χ0) is 22.2. The molecule has 1 aliphatic heterocycles. The number of ether oxygens (including phenoxy) is 1. The van der Waals surface area contributed by atoms with Crippen LogP contribution < -0.4 is 4.74 Å². The van der Waals surface area contributed by atoms with Crippen LogP contribution in [0.15, 0.2) is 58.7 Å². The number of carbonyl (C=O) groups excluding carboxylic acids is 1. The molecule has 1 aliphatic rings. The number of hydrogen-bond donors (Lipinski definition) is 0. The quantitative estimate of drug-likeness (QED) is 0.322. The number of methoxy groups -OCH3 is 1. The maximum absolute atomic E-state index is 13.0. The minimum atomic E-state index is -0.455. The van der Waals surface area contributed by atoms with Crippen molar-refractivity contribution in [2.45, 2.75) is 38.0 Å². The summed E-state index contributed by atoms with van der Waals surface area (Å²) >= 11 is 1.42. The topological polar surface area (TPSA) is 97.4 Å². The molecule has 0 N–H and O–H groups in total. The Morgan fingerprint density at radius 1 is 1.26 bits per heavy atom. The third-order valence-electron chi connectivity index (χ3n) is 4.77. The summed E-state index contributed by atoms with van der Waals surface area (Å²) in [4.78, 5) is 25.1. The van der Waals surface area contributed by atoms with E-state index in [-0.39, 0.29) is 16.8 Å². The van der Waals surface area contributed by atoms with Crippen molar-refractivity contribution in [1.29, 1.82) is 0 Å². The van der Waals surface area contributed by atoms with Crippen LogP contribution in [0.1, 0.15) is 37.3 Å². The lowest BCUT2D eigenvalue weighted by Gasteiger charge is -2.16. The van der Waals surface area contributed by atoms with Gasteiger partial charge in [-0.25, -0.2) is 0 Å². The highest BCUT2D eigenvalue weighted by atomic mass is 32.2. The van der Waals surface area contributed by atoms with Crippen molar-refractivity contribution in [3.8, 4) is 5.75 Å². The molecule has 0 aromatic heterocycles. The maximum atomic E-state index is 13.0. The molecular formula is C22H24N4O4S. The first kappa shape index (κ1) is 22.5. The van der Waals surface area contributed by atoms with Crippen LogP contribution in [-0.4, -0.2) is 39.5 Å². The van der Waals surface area contributed by atoms with E-state index < -0.39 is 4.92 Å². The molecule has 1 heterocycles. The Labute approximate surface area is 185 Å². The predicted molar refractivity (Wildman–Crippen MR) is 123 cm³/mol. The molecule has 9 heteroatoms. The molecule has 1 saturated heterocycles. The van der Waals surface area contributed by atoms with Gasteiger partial charge < -0.3 is 4.74 Å². The number of thioether (sulfide) groups is 1. The van der Waals surface area contributed by atoms with Crippen molar-refractivity contribution >= 4 is 34.7 Å². The standard InChI is InChI=1S/C22H24N4O4S/c1-3-4-8-20-21(27)25(15-16-9-11-19(30-2)12-10-16)22(31-20)24-23-14-17-6-5-7-18(13-17)26(28)29/h5-7,9-14,20H,3-4,8,15H2,1-2H3/b23-14+,24-22+. The van der Waals surface area contributed by atoms with Crippen molar-refractivity contribution in [2.75, 3.05) is 7.11 Å². The van der Waals surface area contributed by atoms with E-state index in [1.54, 1.807) is 24.1 Å². The van der Waals surface area contributed by atoms with Crippen LogP contribution in [0.2, 0.25) is 0 Å². The second-order valence-corrected chi connectivity index (χ2v) is 8.17. The summed E-state index contributed by atoms with van der Waals surface area (Å²) in [6, 6.07) is 13.7. The third kappa shape index (κ3) is 5.91. The molecule has 0 radical (unpaired) electrons. The van der Waals surface area contributed by atoms with E-state index in [0.717, 1.165) is 30.6 Å². The number of carbonyl (C=O) groups is 1. The number of benzene rings is 2. The number of hydrogen-bond acceptors (Lipinski definition) is 7. The van der Waals surface area contributed by atoms with Gasteiger partial charge in [-0.15, -0.1) is 5.10 Å². The van der Waals surface area contributed by atoms with E-state index in [2.05, 4.69) is 17.1 Å². The first-order chi connectivity index (χ1) is 15.0. The van der Waals surface area contributed by atoms with Crippen LogP contribution in [-0.2, 0) is 11.3 Å². The Balaban J connectivity index is 1.80. The van der Waals surface area contributed by atoms with Crippen molar-refractivity contribution in [3.63, 3.8) is 0 Å². The monoisotopic (exact) mass is 440 g/mol. The average Bonchev–Trinajstić information content (AvgIpc) is 3.07. The fraction of sp³-hybridized carbons (Fsp3) is 0.318. The summed E-state index contributed by atoms with van der Waals surface area (Å²) in [6.45, 7) is 2.49. The molecule has 1 unspecified atom stereocenters. The Morgan fingerprint density at radius 3 is 2.71 bits per heavy atom. The molecule has 31 heavy (non-hydrogen) atoms.